The Morgan fingerprint density at radius 3 is 1.69 bits per heavy atom. The smallest absolute Gasteiger partial charge is 0.159 e. The quantitative estimate of drug-likeness (QED) is 0.609. The van der Waals surface area contributed by atoms with Crippen LogP contribution in [-0.2, 0) is 9.84 Å². The van der Waals surface area contributed by atoms with Crippen molar-refractivity contribution in [3.8, 4) is 0 Å². The van der Waals surface area contributed by atoms with E-state index in [1.165, 1.54) is 0 Å². The van der Waals surface area contributed by atoms with Crippen molar-refractivity contribution in [3.63, 3.8) is 0 Å². The Bertz CT molecular complexity index is 277. The van der Waals surface area contributed by atoms with E-state index in [9.17, 15) is 8.42 Å². The van der Waals surface area contributed by atoms with E-state index >= 15 is 0 Å². The summed E-state index contributed by atoms with van der Waals surface area (Å²) in [5, 5.41) is -1.53. The van der Waals surface area contributed by atoms with E-state index in [0.29, 0.717) is 12.8 Å². The van der Waals surface area contributed by atoms with Crippen LogP contribution in [0.1, 0.15) is 25.7 Å². The molecule has 0 saturated carbocycles. The van der Waals surface area contributed by atoms with Gasteiger partial charge in [-0.2, -0.15) is 0 Å². The molecule has 2 aliphatic rings. The summed E-state index contributed by atoms with van der Waals surface area (Å²) in [5.41, 5.74) is 0. The molecular weight excluding hydrogens is 231 g/mol. The van der Waals surface area contributed by atoms with E-state index < -0.39 is 9.84 Å². The highest BCUT2D eigenvalue weighted by Crippen LogP contribution is 2.42. The van der Waals surface area contributed by atoms with E-state index in [2.05, 4.69) is 0 Å². The van der Waals surface area contributed by atoms with Gasteiger partial charge in [-0.3, -0.25) is 0 Å². The summed E-state index contributed by atoms with van der Waals surface area (Å²) in [6, 6.07) is 0. The van der Waals surface area contributed by atoms with Gasteiger partial charge in [-0.15, -0.1) is 23.2 Å². The summed E-state index contributed by atoms with van der Waals surface area (Å²) < 4.78 is 23.7. The van der Waals surface area contributed by atoms with Crippen LogP contribution in [0.15, 0.2) is 0 Å². The van der Waals surface area contributed by atoms with Gasteiger partial charge in [0.1, 0.15) is 0 Å². The van der Waals surface area contributed by atoms with Gasteiger partial charge in [0.05, 0.1) is 21.3 Å². The van der Waals surface area contributed by atoms with E-state index in [0.717, 1.165) is 12.8 Å². The summed E-state index contributed by atoms with van der Waals surface area (Å²) >= 11 is 12.0. The summed E-state index contributed by atoms with van der Waals surface area (Å²) in [6.07, 6.45) is 3.31. The topological polar surface area (TPSA) is 34.1 Å². The van der Waals surface area contributed by atoms with Crippen molar-refractivity contribution in [2.75, 3.05) is 0 Å². The number of rotatable bonds is 0. The summed E-state index contributed by atoms with van der Waals surface area (Å²) in [4.78, 5) is 0. The fraction of sp³-hybridized carbons (Fsp3) is 1.00. The fourth-order valence-corrected chi connectivity index (χ4v) is 6.47. The predicted molar refractivity (Wildman–Crippen MR) is 54.2 cm³/mol. The van der Waals surface area contributed by atoms with Crippen molar-refractivity contribution in [1.82, 2.24) is 0 Å². The molecule has 0 radical (unpaired) electrons. The van der Waals surface area contributed by atoms with Gasteiger partial charge >= 0.3 is 0 Å². The molecule has 0 N–H and O–H groups in total. The second-order valence-electron chi connectivity index (χ2n) is 3.84. The molecule has 2 heterocycles. The maximum Gasteiger partial charge on any atom is 0.159 e. The zero-order valence-electron chi connectivity index (χ0n) is 7.12. The first-order valence-corrected chi connectivity index (χ1v) is 7.04. The molecule has 2 rings (SSSR count). The van der Waals surface area contributed by atoms with Gasteiger partial charge in [-0.05, 0) is 12.8 Å². The average Bonchev–Trinajstić information content (AvgIpc) is 2.23. The monoisotopic (exact) mass is 242 g/mol. The Kier molecular flexibility index (Phi) is 2.54. The van der Waals surface area contributed by atoms with E-state index in [1.807, 2.05) is 0 Å². The molecule has 0 amide bonds. The van der Waals surface area contributed by atoms with Gasteiger partial charge in [0.15, 0.2) is 9.84 Å². The van der Waals surface area contributed by atoms with Crippen molar-refractivity contribution >= 4 is 33.0 Å². The van der Waals surface area contributed by atoms with Crippen LogP contribution >= 0.6 is 23.2 Å². The van der Waals surface area contributed by atoms with Crippen molar-refractivity contribution in [3.05, 3.63) is 0 Å². The third-order valence-corrected chi connectivity index (χ3v) is 7.41. The Labute approximate surface area is 88.5 Å². The van der Waals surface area contributed by atoms with Crippen molar-refractivity contribution in [2.24, 2.45) is 0 Å². The third-order valence-electron chi connectivity index (χ3n) is 3.09. The maximum atomic E-state index is 11.8. The Balaban J connectivity index is 2.42. The lowest BCUT2D eigenvalue weighted by atomic mass is 10.0. The molecule has 0 spiro atoms. The Morgan fingerprint density at radius 1 is 0.923 bits per heavy atom. The van der Waals surface area contributed by atoms with Gasteiger partial charge in [0.2, 0.25) is 0 Å². The number of halogens is 2. The van der Waals surface area contributed by atoms with Crippen molar-refractivity contribution in [2.45, 2.75) is 46.9 Å². The molecule has 0 unspecified atom stereocenters. The lowest BCUT2D eigenvalue weighted by Crippen LogP contribution is -2.24. The second-order valence-corrected chi connectivity index (χ2v) is 7.24. The highest BCUT2D eigenvalue weighted by atomic mass is 35.5. The lowest BCUT2D eigenvalue weighted by Gasteiger charge is -2.14. The van der Waals surface area contributed by atoms with Crippen LogP contribution < -0.4 is 0 Å². The lowest BCUT2D eigenvalue weighted by molar-refractivity contribution is 0.565. The van der Waals surface area contributed by atoms with E-state index in [1.54, 1.807) is 0 Å². The highest BCUT2D eigenvalue weighted by Gasteiger charge is 2.53. The molecular formula is C8H12Cl2O2S. The third kappa shape index (κ3) is 1.40. The van der Waals surface area contributed by atoms with Crippen LogP contribution in [0, 0.1) is 0 Å². The molecule has 76 valence electrons. The van der Waals surface area contributed by atoms with Crippen LogP contribution in [0.3, 0.4) is 0 Å². The zero-order chi connectivity index (χ0) is 9.64. The van der Waals surface area contributed by atoms with Gasteiger partial charge in [0.25, 0.3) is 0 Å². The molecule has 4 atom stereocenters. The van der Waals surface area contributed by atoms with Crippen LogP contribution in [0.5, 0.6) is 0 Å². The number of hydrogen-bond acceptors (Lipinski definition) is 2. The maximum absolute atomic E-state index is 11.8. The first-order chi connectivity index (χ1) is 6.05. The van der Waals surface area contributed by atoms with E-state index in [-0.39, 0.29) is 21.3 Å². The molecule has 2 fully saturated rings. The minimum Gasteiger partial charge on any atom is -0.228 e. The second kappa shape index (κ2) is 3.28. The standard InChI is InChI=1S/C8H12Cl2O2S/c9-7-5-3-1-2-4-6(8(7)10)13(5,11)12/h5-8H,1-4H2/t5-,6-,7-,8+/m0/s1. The van der Waals surface area contributed by atoms with Crippen LogP contribution in [0.2, 0.25) is 0 Å². The number of alkyl halides is 2. The number of fused-ring (bicyclic) bond motifs is 2. The predicted octanol–water partition coefficient (Wildman–Crippen LogP) is 1.94. The molecule has 0 aromatic rings. The summed E-state index contributed by atoms with van der Waals surface area (Å²) in [7, 11) is -3.03. The minimum absolute atomic E-state index is 0.378. The summed E-state index contributed by atoms with van der Waals surface area (Å²) in [6.45, 7) is 0. The summed E-state index contributed by atoms with van der Waals surface area (Å²) in [5.74, 6) is 0. The Morgan fingerprint density at radius 2 is 1.31 bits per heavy atom. The van der Waals surface area contributed by atoms with Crippen molar-refractivity contribution in [1.29, 1.82) is 0 Å². The van der Waals surface area contributed by atoms with Crippen LogP contribution in [0.4, 0.5) is 0 Å². The molecule has 2 nitrogen and oxygen atoms in total. The normalized spacial score (nSPS) is 48.8. The fourth-order valence-electron chi connectivity index (χ4n) is 2.34. The Hall–Kier alpha value is 0.530. The average molecular weight is 243 g/mol. The van der Waals surface area contributed by atoms with Crippen LogP contribution in [0.25, 0.3) is 0 Å². The molecule has 2 bridgehead atoms. The SMILES string of the molecule is O=S1(=O)[C@H]2CCCC[C@H]1[C@@H](Cl)[C@H]2Cl. The molecule has 2 aliphatic heterocycles. The van der Waals surface area contributed by atoms with Gasteiger partial charge in [0, 0.05) is 0 Å². The number of hydrogen-bond donors (Lipinski definition) is 0. The zero-order valence-corrected chi connectivity index (χ0v) is 9.45. The first kappa shape index (κ1) is 10.1. The first-order valence-electron chi connectivity index (χ1n) is 4.56. The highest BCUT2D eigenvalue weighted by molar-refractivity contribution is 7.93. The van der Waals surface area contributed by atoms with Crippen LogP contribution in [-0.4, -0.2) is 29.7 Å². The largest absolute Gasteiger partial charge is 0.228 e. The molecule has 0 aliphatic carbocycles. The van der Waals surface area contributed by atoms with Gasteiger partial charge in [-0.1, -0.05) is 12.8 Å². The number of sulfone groups is 1. The van der Waals surface area contributed by atoms with Crippen molar-refractivity contribution < 1.29 is 8.42 Å². The molecule has 2 saturated heterocycles. The molecule has 13 heavy (non-hydrogen) atoms. The van der Waals surface area contributed by atoms with Gasteiger partial charge in [-0.25, -0.2) is 8.42 Å². The molecule has 0 aromatic carbocycles. The molecule has 0 aromatic heterocycles. The minimum atomic E-state index is -3.03. The van der Waals surface area contributed by atoms with E-state index in [4.69, 9.17) is 23.2 Å². The van der Waals surface area contributed by atoms with Gasteiger partial charge < -0.3 is 0 Å². The molecule has 5 heteroatoms.